The Morgan fingerprint density at radius 2 is 2.25 bits per heavy atom. The van der Waals surface area contributed by atoms with Gasteiger partial charge in [-0.2, -0.15) is 0 Å². The average molecular weight is 186 g/mol. The van der Waals surface area contributed by atoms with Crippen molar-refractivity contribution in [1.29, 1.82) is 0 Å². The highest BCUT2D eigenvalue weighted by Gasteiger charge is 2.14. The summed E-state index contributed by atoms with van der Waals surface area (Å²) < 4.78 is 3.83. The van der Waals surface area contributed by atoms with Crippen molar-refractivity contribution in [2.24, 2.45) is 0 Å². The zero-order valence-corrected chi connectivity index (χ0v) is 8.27. The molecule has 1 rings (SSSR count). The molecule has 0 aliphatic rings. The first-order chi connectivity index (χ1) is 5.79. The largest absolute Gasteiger partial charge is 0.387 e. The molecule has 1 aromatic rings. The summed E-state index contributed by atoms with van der Waals surface area (Å²) in [5, 5.41) is 13.6. The summed E-state index contributed by atoms with van der Waals surface area (Å²) in [6, 6.07) is 0. The Morgan fingerprint density at radius 1 is 1.50 bits per heavy atom. The molecule has 0 amide bonds. The SMILES string of the molecule is CCCC(O)c1snnc1CC. The molecule has 4 heteroatoms. The third-order valence-electron chi connectivity index (χ3n) is 1.78. The Labute approximate surface area is 76.6 Å². The van der Waals surface area contributed by atoms with E-state index in [1.165, 1.54) is 11.5 Å². The molecule has 1 atom stereocenters. The molecular weight excluding hydrogens is 172 g/mol. The fraction of sp³-hybridized carbons (Fsp3) is 0.750. The summed E-state index contributed by atoms with van der Waals surface area (Å²) in [7, 11) is 0. The van der Waals surface area contributed by atoms with Crippen LogP contribution in [0.15, 0.2) is 0 Å². The maximum Gasteiger partial charge on any atom is 0.0917 e. The summed E-state index contributed by atoms with van der Waals surface area (Å²) in [5.74, 6) is 0. The van der Waals surface area contributed by atoms with Crippen LogP contribution in [0.1, 0.15) is 43.4 Å². The first kappa shape index (κ1) is 9.61. The van der Waals surface area contributed by atoms with Crippen molar-refractivity contribution >= 4 is 11.5 Å². The number of nitrogens with zero attached hydrogens (tertiary/aromatic N) is 2. The van der Waals surface area contributed by atoms with E-state index in [0.717, 1.165) is 29.8 Å². The lowest BCUT2D eigenvalue weighted by Gasteiger charge is -2.06. The van der Waals surface area contributed by atoms with Gasteiger partial charge in [0, 0.05) is 0 Å². The molecule has 0 radical (unpaired) electrons. The minimum Gasteiger partial charge on any atom is -0.387 e. The minimum atomic E-state index is -0.357. The third kappa shape index (κ3) is 2.01. The topological polar surface area (TPSA) is 46.0 Å². The number of rotatable bonds is 4. The smallest absolute Gasteiger partial charge is 0.0917 e. The van der Waals surface area contributed by atoms with E-state index in [9.17, 15) is 5.11 Å². The van der Waals surface area contributed by atoms with Crippen LogP contribution in [-0.4, -0.2) is 14.7 Å². The maximum atomic E-state index is 9.65. The van der Waals surface area contributed by atoms with Gasteiger partial charge in [-0.25, -0.2) is 0 Å². The van der Waals surface area contributed by atoms with Crippen LogP contribution < -0.4 is 0 Å². The zero-order chi connectivity index (χ0) is 8.97. The lowest BCUT2D eigenvalue weighted by atomic mass is 10.1. The number of hydrogen-bond donors (Lipinski definition) is 1. The van der Waals surface area contributed by atoms with E-state index < -0.39 is 0 Å². The minimum absolute atomic E-state index is 0.357. The van der Waals surface area contributed by atoms with Crippen molar-refractivity contribution in [3.8, 4) is 0 Å². The molecule has 1 aromatic heterocycles. The average Bonchev–Trinajstić information content (AvgIpc) is 2.51. The van der Waals surface area contributed by atoms with Gasteiger partial charge >= 0.3 is 0 Å². The monoisotopic (exact) mass is 186 g/mol. The Hall–Kier alpha value is -0.480. The molecule has 1 N–H and O–H groups in total. The molecule has 12 heavy (non-hydrogen) atoms. The molecule has 0 aromatic carbocycles. The second-order valence-corrected chi connectivity index (χ2v) is 3.53. The van der Waals surface area contributed by atoms with Gasteiger partial charge in [-0.3, -0.25) is 0 Å². The highest BCUT2D eigenvalue weighted by atomic mass is 32.1. The van der Waals surface area contributed by atoms with Crippen LogP contribution in [-0.2, 0) is 6.42 Å². The number of hydrogen-bond acceptors (Lipinski definition) is 4. The lowest BCUT2D eigenvalue weighted by Crippen LogP contribution is -1.97. The summed E-state index contributed by atoms with van der Waals surface area (Å²) in [5.41, 5.74) is 0.945. The molecule has 0 fully saturated rings. The van der Waals surface area contributed by atoms with E-state index in [4.69, 9.17) is 0 Å². The number of aliphatic hydroxyl groups is 1. The molecular formula is C8H14N2OS. The van der Waals surface area contributed by atoms with Gasteiger partial charge in [0.1, 0.15) is 0 Å². The molecule has 1 heterocycles. The molecule has 0 bridgehead atoms. The molecule has 0 saturated heterocycles. The van der Waals surface area contributed by atoms with Crippen molar-refractivity contribution in [1.82, 2.24) is 9.59 Å². The lowest BCUT2D eigenvalue weighted by molar-refractivity contribution is 0.169. The first-order valence-corrected chi connectivity index (χ1v) is 5.06. The van der Waals surface area contributed by atoms with E-state index in [1.807, 2.05) is 6.92 Å². The van der Waals surface area contributed by atoms with Gasteiger partial charge in [-0.15, -0.1) is 5.10 Å². The molecule has 0 spiro atoms. The van der Waals surface area contributed by atoms with Crippen LogP contribution in [0.2, 0.25) is 0 Å². The number of aliphatic hydroxyl groups excluding tert-OH is 1. The van der Waals surface area contributed by atoms with Gasteiger partial charge in [0.2, 0.25) is 0 Å². The Balaban J connectivity index is 2.71. The first-order valence-electron chi connectivity index (χ1n) is 4.28. The van der Waals surface area contributed by atoms with Crippen molar-refractivity contribution in [2.45, 2.75) is 39.2 Å². The van der Waals surface area contributed by atoms with E-state index in [0.29, 0.717) is 0 Å². The highest BCUT2D eigenvalue weighted by molar-refractivity contribution is 7.05. The van der Waals surface area contributed by atoms with Gasteiger partial charge in [0.05, 0.1) is 16.7 Å². The summed E-state index contributed by atoms with van der Waals surface area (Å²) >= 11 is 1.31. The fourth-order valence-corrected chi connectivity index (χ4v) is 1.88. The van der Waals surface area contributed by atoms with Gasteiger partial charge in [0.15, 0.2) is 0 Å². The molecule has 1 unspecified atom stereocenters. The summed E-state index contributed by atoms with van der Waals surface area (Å²) in [6.07, 6.45) is 2.29. The van der Waals surface area contributed by atoms with Crippen LogP contribution in [0.3, 0.4) is 0 Å². The third-order valence-corrected chi connectivity index (χ3v) is 2.65. The van der Waals surface area contributed by atoms with Gasteiger partial charge < -0.3 is 5.11 Å². The van der Waals surface area contributed by atoms with Gasteiger partial charge in [0.25, 0.3) is 0 Å². The Morgan fingerprint density at radius 3 is 2.83 bits per heavy atom. The number of aryl methyl sites for hydroxylation is 1. The molecule has 3 nitrogen and oxygen atoms in total. The van der Waals surface area contributed by atoms with Crippen molar-refractivity contribution < 1.29 is 5.11 Å². The van der Waals surface area contributed by atoms with Crippen LogP contribution in [0.25, 0.3) is 0 Å². The van der Waals surface area contributed by atoms with Crippen molar-refractivity contribution in [3.05, 3.63) is 10.6 Å². The molecule has 0 aliphatic heterocycles. The molecule has 68 valence electrons. The zero-order valence-electron chi connectivity index (χ0n) is 7.45. The van der Waals surface area contributed by atoms with Gasteiger partial charge in [-0.1, -0.05) is 24.8 Å². The quantitative estimate of drug-likeness (QED) is 0.781. The van der Waals surface area contributed by atoms with Gasteiger partial charge in [-0.05, 0) is 24.4 Å². The summed E-state index contributed by atoms with van der Waals surface area (Å²) in [6.45, 7) is 4.09. The Bertz CT molecular complexity index is 237. The van der Waals surface area contributed by atoms with E-state index in [-0.39, 0.29) is 6.10 Å². The second-order valence-electron chi connectivity index (χ2n) is 2.74. The van der Waals surface area contributed by atoms with Crippen LogP contribution >= 0.6 is 11.5 Å². The normalized spacial score (nSPS) is 13.2. The van der Waals surface area contributed by atoms with Crippen LogP contribution in [0.4, 0.5) is 0 Å². The van der Waals surface area contributed by atoms with E-state index in [2.05, 4.69) is 16.5 Å². The molecule has 0 saturated carbocycles. The second kappa shape index (κ2) is 4.52. The summed E-state index contributed by atoms with van der Waals surface area (Å²) in [4.78, 5) is 0.944. The fourth-order valence-electron chi connectivity index (χ4n) is 1.12. The predicted molar refractivity (Wildman–Crippen MR) is 49.2 cm³/mol. The Kier molecular flexibility index (Phi) is 3.62. The molecule has 0 aliphatic carbocycles. The van der Waals surface area contributed by atoms with E-state index >= 15 is 0 Å². The standard InChI is InChI=1S/C8H14N2OS/c1-3-5-7(11)8-6(4-2)9-10-12-8/h7,11H,3-5H2,1-2H3. The van der Waals surface area contributed by atoms with Crippen LogP contribution in [0.5, 0.6) is 0 Å². The van der Waals surface area contributed by atoms with E-state index in [1.54, 1.807) is 0 Å². The van der Waals surface area contributed by atoms with Crippen molar-refractivity contribution in [2.75, 3.05) is 0 Å². The predicted octanol–water partition coefficient (Wildman–Crippen LogP) is 1.93. The van der Waals surface area contributed by atoms with Crippen molar-refractivity contribution in [3.63, 3.8) is 0 Å². The maximum absolute atomic E-state index is 9.65. The van der Waals surface area contributed by atoms with Crippen LogP contribution in [0, 0.1) is 0 Å². The number of aromatic nitrogens is 2. The highest BCUT2D eigenvalue weighted by Crippen LogP contribution is 2.24.